The number of aryl methyl sites for hydroxylation is 1. The summed E-state index contributed by atoms with van der Waals surface area (Å²) in [6.45, 7) is 2.13. The second kappa shape index (κ2) is 8.16. The molecule has 1 saturated heterocycles. The Morgan fingerprint density at radius 3 is 2.03 bits per heavy atom. The lowest BCUT2D eigenvalue weighted by molar-refractivity contribution is -0.143. The molecule has 0 N–H and O–H groups in total. The monoisotopic (exact) mass is 432 g/mol. The van der Waals surface area contributed by atoms with Crippen LogP contribution in [0.1, 0.15) is 40.0 Å². The molecule has 1 aliphatic rings. The van der Waals surface area contributed by atoms with Gasteiger partial charge in [-0.3, -0.25) is 9.78 Å². The van der Waals surface area contributed by atoms with Gasteiger partial charge in [0.1, 0.15) is 11.9 Å². The van der Waals surface area contributed by atoms with E-state index in [0.29, 0.717) is 30.7 Å². The number of likely N-dealkylation sites (tertiary alicyclic amines) is 1. The Kier molecular flexibility index (Phi) is 5.96. The molecule has 1 amide bonds. The molecule has 2 aromatic rings. The summed E-state index contributed by atoms with van der Waals surface area (Å²) in [5.41, 5.74) is -2.84. The summed E-state index contributed by atoms with van der Waals surface area (Å²) in [4.78, 5) is 18.0. The first-order valence-electron chi connectivity index (χ1n) is 9.11. The van der Waals surface area contributed by atoms with Gasteiger partial charge in [0.25, 0.3) is 5.91 Å². The Morgan fingerprint density at radius 2 is 1.57 bits per heavy atom. The maximum atomic E-state index is 13.0. The molecule has 0 aliphatic carbocycles. The molecule has 1 aromatic heterocycles. The van der Waals surface area contributed by atoms with Crippen molar-refractivity contribution in [2.24, 2.45) is 0 Å². The van der Waals surface area contributed by atoms with E-state index in [1.165, 1.54) is 4.90 Å². The first-order chi connectivity index (χ1) is 13.9. The fourth-order valence-electron chi connectivity index (χ4n) is 3.15. The molecule has 1 fully saturated rings. The van der Waals surface area contributed by atoms with Gasteiger partial charge in [0.05, 0.1) is 17.3 Å². The summed E-state index contributed by atoms with van der Waals surface area (Å²) in [6.07, 6.45) is -7.88. The quantitative estimate of drug-likeness (QED) is 0.633. The highest BCUT2D eigenvalue weighted by Gasteiger charge is 2.38. The van der Waals surface area contributed by atoms with Crippen LogP contribution in [0.5, 0.6) is 5.75 Å². The number of carbonyl (C=O) groups excluding carboxylic acids is 1. The highest BCUT2D eigenvalue weighted by Crippen LogP contribution is 2.36. The van der Waals surface area contributed by atoms with Gasteiger partial charge < -0.3 is 9.64 Å². The van der Waals surface area contributed by atoms with E-state index in [0.717, 1.165) is 5.69 Å². The molecule has 4 nitrogen and oxygen atoms in total. The number of amides is 1. The Labute approximate surface area is 168 Å². The molecule has 0 saturated carbocycles. The van der Waals surface area contributed by atoms with Gasteiger partial charge in [0, 0.05) is 37.2 Å². The van der Waals surface area contributed by atoms with Gasteiger partial charge in [-0.1, -0.05) is 0 Å². The standard InChI is InChI=1S/C20H18F6N2O2/c1-12-2-3-17(11-27-12)30-16-4-6-28(7-5-16)18(29)13-8-14(19(21,22)23)10-15(9-13)20(24,25)26/h2-3,8-11,16H,4-7H2,1H3. The largest absolute Gasteiger partial charge is 0.489 e. The topological polar surface area (TPSA) is 42.4 Å². The molecular weight excluding hydrogens is 414 g/mol. The van der Waals surface area contributed by atoms with E-state index in [2.05, 4.69) is 4.98 Å². The molecule has 3 rings (SSSR count). The predicted molar refractivity (Wildman–Crippen MR) is 95.0 cm³/mol. The van der Waals surface area contributed by atoms with Crippen molar-refractivity contribution >= 4 is 5.91 Å². The number of halogens is 6. The molecule has 30 heavy (non-hydrogen) atoms. The lowest BCUT2D eigenvalue weighted by Crippen LogP contribution is -2.42. The van der Waals surface area contributed by atoms with Crippen molar-refractivity contribution in [2.75, 3.05) is 13.1 Å². The van der Waals surface area contributed by atoms with Crippen LogP contribution in [0.25, 0.3) is 0 Å². The number of alkyl halides is 6. The Balaban J connectivity index is 1.72. The summed E-state index contributed by atoms with van der Waals surface area (Å²) < 4.78 is 83.8. The normalized spacial score (nSPS) is 15.9. The van der Waals surface area contributed by atoms with Crippen LogP contribution in [-0.2, 0) is 12.4 Å². The fourth-order valence-corrected chi connectivity index (χ4v) is 3.15. The van der Waals surface area contributed by atoms with E-state index in [-0.39, 0.29) is 25.3 Å². The summed E-state index contributed by atoms with van der Waals surface area (Å²) in [6, 6.07) is 4.45. The minimum Gasteiger partial charge on any atom is -0.489 e. The van der Waals surface area contributed by atoms with Crippen LogP contribution in [-0.4, -0.2) is 35.0 Å². The number of ether oxygens (including phenoxy) is 1. The third-order valence-corrected chi connectivity index (χ3v) is 4.75. The number of nitrogens with zero attached hydrogens (tertiary/aromatic N) is 2. The second-order valence-electron chi connectivity index (χ2n) is 7.04. The molecule has 10 heteroatoms. The van der Waals surface area contributed by atoms with Crippen LogP contribution in [0.15, 0.2) is 36.5 Å². The van der Waals surface area contributed by atoms with Gasteiger partial charge in [-0.25, -0.2) is 0 Å². The number of piperidine rings is 1. The van der Waals surface area contributed by atoms with E-state index in [1.54, 1.807) is 18.3 Å². The van der Waals surface area contributed by atoms with Crippen LogP contribution in [0.3, 0.4) is 0 Å². The minimum absolute atomic E-state index is 0.00641. The van der Waals surface area contributed by atoms with Crippen molar-refractivity contribution in [3.8, 4) is 5.75 Å². The number of carbonyl (C=O) groups is 1. The Morgan fingerprint density at radius 1 is 1.00 bits per heavy atom. The van der Waals surface area contributed by atoms with Crippen LogP contribution in [0, 0.1) is 6.92 Å². The van der Waals surface area contributed by atoms with E-state index in [4.69, 9.17) is 4.74 Å². The van der Waals surface area contributed by atoms with Crippen LogP contribution < -0.4 is 4.74 Å². The molecule has 0 spiro atoms. The molecule has 0 bridgehead atoms. The average Bonchev–Trinajstić information content (AvgIpc) is 2.68. The lowest BCUT2D eigenvalue weighted by atomic mass is 10.0. The third-order valence-electron chi connectivity index (χ3n) is 4.75. The van der Waals surface area contributed by atoms with Gasteiger partial charge in [0.15, 0.2) is 0 Å². The highest BCUT2D eigenvalue weighted by atomic mass is 19.4. The van der Waals surface area contributed by atoms with Crippen molar-refractivity contribution in [3.05, 3.63) is 58.9 Å². The summed E-state index contributed by atoms with van der Waals surface area (Å²) in [7, 11) is 0. The minimum atomic E-state index is -5.00. The third kappa shape index (κ3) is 5.22. The van der Waals surface area contributed by atoms with Gasteiger partial charge >= 0.3 is 12.4 Å². The second-order valence-corrected chi connectivity index (χ2v) is 7.04. The molecule has 0 unspecified atom stereocenters. The van der Waals surface area contributed by atoms with Crippen molar-refractivity contribution in [1.29, 1.82) is 0 Å². The summed E-state index contributed by atoms with van der Waals surface area (Å²) >= 11 is 0. The predicted octanol–water partition coefficient (Wildman–Crippen LogP) is 5.11. The van der Waals surface area contributed by atoms with Gasteiger partial charge in [-0.05, 0) is 37.3 Å². The maximum Gasteiger partial charge on any atom is 0.416 e. The molecule has 0 radical (unpaired) electrons. The molecule has 0 atom stereocenters. The number of pyridine rings is 1. The van der Waals surface area contributed by atoms with Crippen molar-refractivity contribution in [1.82, 2.24) is 9.88 Å². The first kappa shape index (κ1) is 21.9. The average molecular weight is 432 g/mol. The van der Waals surface area contributed by atoms with Gasteiger partial charge in [-0.2, -0.15) is 26.3 Å². The van der Waals surface area contributed by atoms with E-state index >= 15 is 0 Å². The smallest absolute Gasteiger partial charge is 0.416 e. The zero-order valence-electron chi connectivity index (χ0n) is 15.8. The molecule has 162 valence electrons. The zero-order chi connectivity index (χ0) is 22.1. The summed E-state index contributed by atoms with van der Waals surface area (Å²) in [5, 5.41) is 0. The SMILES string of the molecule is Cc1ccc(OC2CCN(C(=O)c3cc(C(F)(F)F)cc(C(F)(F)F)c3)CC2)cn1. The molecular formula is C20H18F6N2O2. The number of hydrogen-bond acceptors (Lipinski definition) is 3. The van der Waals surface area contributed by atoms with E-state index in [1.807, 2.05) is 6.92 Å². The lowest BCUT2D eigenvalue weighted by Gasteiger charge is -2.32. The first-order valence-corrected chi connectivity index (χ1v) is 9.11. The fraction of sp³-hybridized carbons (Fsp3) is 0.400. The van der Waals surface area contributed by atoms with E-state index in [9.17, 15) is 31.1 Å². The zero-order valence-corrected chi connectivity index (χ0v) is 15.8. The van der Waals surface area contributed by atoms with Crippen molar-refractivity contribution in [2.45, 2.75) is 38.2 Å². The highest BCUT2D eigenvalue weighted by molar-refractivity contribution is 5.94. The molecule has 2 heterocycles. The Hall–Kier alpha value is -2.78. The molecule has 1 aromatic carbocycles. The van der Waals surface area contributed by atoms with E-state index < -0.39 is 35.0 Å². The summed E-state index contributed by atoms with van der Waals surface area (Å²) in [5.74, 6) is -0.319. The Bertz CT molecular complexity index is 869. The number of hydrogen-bond donors (Lipinski definition) is 0. The molecule has 1 aliphatic heterocycles. The maximum absolute atomic E-state index is 13.0. The van der Waals surface area contributed by atoms with Crippen molar-refractivity contribution in [3.63, 3.8) is 0 Å². The van der Waals surface area contributed by atoms with Crippen LogP contribution in [0.2, 0.25) is 0 Å². The number of benzene rings is 1. The van der Waals surface area contributed by atoms with Gasteiger partial charge in [0.2, 0.25) is 0 Å². The number of rotatable bonds is 3. The van der Waals surface area contributed by atoms with Crippen molar-refractivity contribution < 1.29 is 35.9 Å². The van der Waals surface area contributed by atoms with Gasteiger partial charge in [-0.15, -0.1) is 0 Å². The van der Waals surface area contributed by atoms with Crippen LogP contribution >= 0.6 is 0 Å². The van der Waals surface area contributed by atoms with Crippen LogP contribution in [0.4, 0.5) is 26.3 Å². The number of aromatic nitrogens is 1.